The molecule has 0 aliphatic heterocycles. The van der Waals surface area contributed by atoms with E-state index in [4.69, 9.17) is 28.9 Å². The molecule has 0 atom stereocenters. The number of rotatable bonds is 1. The van der Waals surface area contributed by atoms with Crippen LogP contribution in [0.3, 0.4) is 0 Å². The molecule has 2 aromatic rings. The third-order valence-electron chi connectivity index (χ3n) is 1.61. The van der Waals surface area contributed by atoms with Crippen LogP contribution in [-0.4, -0.2) is 9.36 Å². The van der Waals surface area contributed by atoms with Gasteiger partial charge in [-0.05, 0) is 18.2 Å². The molecule has 0 spiro atoms. The third-order valence-corrected chi connectivity index (χ3v) is 2.72. The fraction of sp³-hybridized carbons (Fsp3) is 0. The van der Waals surface area contributed by atoms with Crippen LogP contribution in [0.5, 0.6) is 0 Å². The Morgan fingerprint density at radius 2 is 2.07 bits per heavy atom. The average Bonchev–Trinajstić information content (AvgIpc) is 2.56. The molecule has 0 aliphatic rings. The number of nitrogens with two attached hydrogens (primary N) is 1. The standard InChI is InChI=1S/C8H5Cl2N3S/c9-4-1-2-6(10)5(3-4)7-12-8(11)14-13-7/h1-3H,(H2,11,12,13). The zero-order chi connectivity index (χ0) is 10.1. The first-order valence-corrected chi connectivity index (χ1v) is 5.24. The number of nitrogen functional groups attached to an aromatic ring is 1. The summed E-state index contributed by atoms with van der Waals surface area (Å²) in [6, 6.07) is 5.13. The zero-order valence-corrected chi connectivity index (χ0v) is 9.20. The van der Waals surface area contributed by atoms with Gasteiger partial charge < -0.3 is 5.73 Å². The maximum absolute atomic E-state index is 5.97. The average molecular weight is 246 g/mol. The number of hydrogen-bond acceptors (Lipinski definition) is 4. The maximum atomic E-state index is 5.97. The molecular formula is C8H5Cl2N3S. The van der Waals surface area contributed by atoms with Crippen molar-refractivity contribution in [3.05, 3.63) is 28.2 Å². The van der Waals surface area contributed by atoms with Gasteiger partial charge in [0.05, 0.1) is 5.02 Å². The molecule has 3 nitrogen and oxygen atoms in total. The number of anilines is 1. The van der Waals surface area contributed by atoms with Gasteiger partial charge in [0.25, 0.3) is 0 Å². The van der Waals surface area contributed by atoms with E-state index in [-0.39, 0.29) is 0 Å². The Labute approximate surface area is 94.7 Å². The summed E-state index contributed by atoms with van der Waals surface area (Å²) < 4.78 is 4.05. The van der Waals surface area contributed by atoms with E-state index in [2.05, 4.69) is 9.36 Å². The summed E-state index contributed by atoms with van der Waals surface area (Å²) >= 11 is 12.9. The minimum Gasteiger partial charge on any atom is -0.374 e. The van der Waals surface area contributed by atoms with Crippen LogP contribution in [-0.2, 0) is 0 Å². The largest absolute Gasteiger partial charge is 0.374 e. The minimum absolute atomic E-state index is 0.413. The summed E-state index contributed by atoms with van der Waals surface area (Å²) in [6.07, 6.45) is 0. The van der Waals surface area contributed by atoms with E-state index in [1.807, 2.05) is 0 Å². The lowest BCUT2D eigenvalue weighted by molar-refractivity contribution is 1.33. The maximum Gasteiger partial charge on any atom is 0.200 e. The fourth-order valence-electron chi connectivity index (χ4n) is 1.01. The number of aromatic nitrogens is 2. The smallest absolute Gasteiger partial charge is 0.200 e. The highest BCUT2D eigenvalue weighted by Crippen LogP contribution is 2.29. The summed E-state index contributed by atoms with van der Waals surface area (Å²) in [7, 11) is 0. The van der Waals surface area contributed by atoms with E-state index < -0.39 is 0 Å². The Balaban J connectivity index is 2.55. The highest BCUT2D eigenvalue weighted by molar-refractivity contribution is 7.09. The Morgan fingerprint density at radius 1 is 1.29 bits per heavy atom. The molecule has 2 rings (SSSR count). The van der Waals surface area contributed by atoms with E-state index in [0.717, 1.165) is 11.5 Å². The molecule has 0 saturated carbocycles. The topological polar surface area (TPSA) is 51.8 Å². The van der Waals surface area contributed by atoms with Crippen LogP contribution < -0.4 is 5.73 Å². The highest BCUT2D eigenvalue weighted by Gasteiger charge is 2.09. The number of hydrogen-bond donors (Lipinski definition) is 1. The molecule has 2 N–H and O–H groups in total. The SMILES string of the molecule is Nc1nc(-c2cc(Cl)ccc2Cl)ns1. The predicted molar refractivity (Wildman–Crippen MR) is 59.8 cm³/mol. The number of halogens is 2. The summed E-state index contributed by atoms with van der Waals surface area (Å²) in [5.74, 6) is 0.514. The number of benzene rings is 1. The molecule has 0 aliphatic carbocycles. The van der Waals surface area contributed by atoms with E-state index in [1.165, 1.54) is 0 Å². The predicted octanol–water partition coefficient (Wildman–Crippen LogP) is 3.09. The van der Waals surface area contributed by atoms with Gasteiger partial charge in [-0.25, -0.2) is 0 Å². The van der Waals surface area contributed by atoms with Crippen LogP contribution in [0.2, 0.25) is 10.0 Å². The van der Waals surface area contributed by atoms with Gasteiger partial charge in [-0.3, -0.25) is 0 Å². The summed E-state index contributed by atoms with van der Waals surface area (Å²) in [6.45, 7) is 0. The molecule has 0 amide bonds. The Hall–Kier alpha value is -0.840. The Kier molecular flexibility index (Phi) is 2.58. The summed E-state index contributed by atoms with van der Waals surface area (Å²) in [4.78, 5) is 4.02. The molecule has 0 saturated heterocycles. The molecule has 72 valence electrons. The van der Waals surface area contributed by atoms with E-state index >= 15 is 0 Å². The fourth-order valence-corrected chi connectivity index (χ4v) is 1.83. The lowest BCUT2D eigenvalue weighted by Crippen LogP contribution is -1.84. The van der Waals surface area contributed by atoms with Gasteiger partial charge in [0, 0.05) is 22.1 Å². The van der Waals surface area contributed by atoms with Crippen molar-refractivity contribution in [3.8, 4) is 11.4 Å². The van der Waals surface area contributed by atoms with Crippen LogP contribution >= 0.6 is 34.7 Å². The second-order valence-electron chi connectivity index (χ2n) is 2.58. The van der Waals surface area contributed by atoms with Crippen molar-refractivity contribution < 1.29 is 0 Å². The van der Waals surface area contributed by atoms with Crippen molar-refractivity contribution in [3.63, 3.8) is 0 Å². The van der Waals surface area contributed by atoms with Crippen molar-refractivity contribution in [2.45, 2.75) is 0 Å². The normalized spacial score (nSPS) is 10.4. The molecule has 0 bridgehead atoms. The van der Waals surface area contributed by atoms with Crippen molar-refractivity contribution in [1.29, 1.82) is 0 Å². The Morgan fingerprint density at radius 3 is 2.71 bits per heavy atom. The lowest BCUT2D eigenvalue weighted by atomic mass is 10.2. The first-order valence-electron chi connectivity index (χ1n) is 3.71. The lowest BCUT2D eigenvalue weighted by Gasteiger charge is -1.99. The third kappa shape index (κ3) is 1.82. The molecule has 0 unspecified atom stereocenters. The van der Waals surface area contributed by atoms with Crippen LogP contribution in [0.15, 0.2) is 18.2 Å². The second kappa shape index (κ2) is 3.73. The Bertz CT molecular complexity index is 469. The van der Waals surface area contributed by atoms with E-state index in [0.29, 0.717) is 26.6 Å². The highest BCUT2D eigenvalue weighted by atomic mass is 35.5. The van der Waals surface area contributed by atoms with Gasteiger partial charge in [-0.1, -0.05) is 23.2 Å². The van der Waals surface area contributed by atoms with Gasteiger partial charge in [0.2, 0.25) is 0 Å². The monoisotopic (exact) mass is 245 g/mol. The van der Waals surface area contributed by atoms with Crippen molar-refractivity contribution in [1.82, 2.24) is 9.36 Å². The molecule has 0 fully saturated rings. The molecule has 1 aromatic heterocycles. The molecule has 0 radical (unpaired) electrons. The molecular weight excluding hydrogens is 241 g/mol. The van der Waals surface area contributed by atoms with Crippen LogP contribution in [0.1, 0.15) is 0 Å². The van der Waals surface area contributed by atoms with Gasteiger partial charge >= 0.3 is 0 Å². The van der Waals surface area contributed by atoms with Crippen molar-refractivity contribution in [2.24, 2.45) is 0 Å². The van der Waals surface area contributed by atoms with Gasteiger partial charge in [-0.2, -0.15) is 9.36 Å². The summed E-state index contributed by atoms with van der Waals surface area (Å²) in [5, 5.41) is 1.57. The van der Waals surface area contributed by atoms with Crippen molar-refractivity contribution >= 4 is 39.9 Å². The molecule has 1 heterocycles. The van der Waals surface area contributed by atoms with E-state index in [1.54, 1.807) is 18.2 Å². The van der Waals surface area contributed by atoms with Crippen LogP contribution in [0.25, 0.3) is 11.4 Å². The first-order chi connectivity index (χ1) is 6.66. The molecule has 1 aromatic carbocycles. The van der Waals surface area contributed by atoms with Crippen molar-refractivity contribution in [2.75, 3.05) is 5.73 Å². The van der Waals surface area contributed by atoms with Crippen LogP contribution in [0, 0.1) is 0 Å². The second-order valence-corrected chi connectivity index (χ2v) is 4.21. The van der Waals surface area contributed by atoms with Crippen LogP contribution in [0.4, 0.5) is 5.13 Å². The number of nitrogens with zero attached hydrogens (tertiary/aromatic N) is 2. The molecule has 6 heteroatoms. The quantitative estimate of drug-likeness (QED) is 0.841. The zero-order valence-electron chi connectivity index (χ0n) is 6.87. The first kappa shape index (κ1) is 9.71. The summed E-state index contributed by atoms with van der Waals surface area (Å²) in [5.41, 5.74) is 6.17. The molecule has 14 heavy (non-hydrogen) atoms. The van der Waals surface area contributed by atoms with Gasteiger partial charge in [-0.15, -0.1) is 0 Å². The minimum atomic E-state index is 0.413. The van der Waals surface area contributed by atoms with E-state index in [9.17, 15) is 0 Å². The van der Waals surface area contributed by atoms with Gasteiger partial charge in [0.1, 0.15) is 0 Å². The van der Waals surface area contributed by atoms with Gasteiger partial charge in [0.15, 0.2) is 11.0 Å².